The average Bonchev–Trinajstić information content (AvgIpc) is 3.15. The number of ether oxygens (including phenoxy) is 1. The Bertz CT molecular complexity index is 428. The highest BCUT2D eigenvalue weighted by molar-refractivity contribution is 5.75. The van der Waals surface area contributed by atoms with Gasteiger partial charge < -0.3 is 20.5 Å². The van der Waals surface area contributed by atoms with Gasteiger partial charge in [-0.1, -0.05) is 12.8 Å². The van der Waals surface area contributed by atoms with E-state index in [0.29, 0.717) is 18.1 Å². The van der Waals surface area contributed by atoms with Gasteiger partial charge in [-0.05, 0) is 44.9 Å². The molecular formula is C17H28N2O3. The molecule has 0 radical (unpaired) electrons. The van der Waals surface area contributed by atoms with Gasteiger partial charge in [0, 0.05) is 30.0 Å². The zero-order valence-electron chi connectivity index (χ0n) is 13.2. The number of nitrogens with one attached hydrogen (secondary N) is 2. The Morgan fingerprint density at radius 1 is 1.05 bits per heavy atom. The molecule has 5 nitrogen and oxygen atoms in total. The molecule has 1 heterocycles. The summed E-state index contributed by atoms with van der Waals surface area (Å²) < 4.78 is 5.96. The molecule has 3 unspecified atom stereocenters. The molecule has 3 saturated carbocycles. The predicted molar refractivity (Wildman–Crippen MR) is 82.5 cm³/mol. The van der Waals surface area contributed by atoms with E-state index in [1.807, 2.05) is 0 Å². The molecule has 4 aliphatic rings. The van der Waals surface area contributed by atoms with Gasteiger partial charge in [-0.2, -0.15) is 0 Å². The molecule has 0 aromatic carbocycles. The predicted octanol–water partition coefficient (Wildman–Crippen LogP) is 1.94. The number of hydrogen-bond acceptors (Lipinski definition) is 3. The summed E-state index contributed by atoms with van der Waals surface area (Å²) in [5, 5.41) is 16.0. The van der Waals surface area contributed by atoms with Crippen LogP contribution in [-0.4, -0.2) is 42.0 Å². The molecule has 1 saturated heterocycles. The highest BCUT2D eigenvalue weighted by Gasteiger charge is 2.65. The molecule has 0 aromatic heterocycles. The summed E-state index contributed by atoms with van der Waals surface area (Å²) in [6.45, 7) is 0.859. The first kappa shape index (κ1) is 14.8. The molecule has 4 rings (SSSR count). The highest BCUT2D eigenvalue weighted by Crippen LogP contribution is 2.60. The standard InChI is InChI=1S/C17H28N2O3/c20-12-5-3-11(4-6-12)18-16(21)19-14-13-7-10-22-15(13)17(14)8-1-2-9-17/h11-15,20H,1-10H2,(H2,18,19,21). The van der Waals surface area contributed by atoms with E-state index in [1.165, 1.54) is 25.7 Å². The molecule has 1 spiro atoms. The smallest absolute Gasteiger partial charge is 0.315 e. The molecule has 5 heteroatoms. The van der Waals surface area contributed by atoms with Crippen molar-refractivity contribution < 1.29 is 14.6 Å². The van der Waals surface area contributed by atoms with Crippen molar-refractivity contribution in [2.75, 3.05) is 6.61 Å². The van der Waals surface area contributed by atoms with Crippen LogP contribution in [0.3, 0.4) is 0 Å². The van der Waals surface area contributed by atoms with Crippen LogP contribution in [0, 0.1) is 11.3 Å². The Morgan fingerprint density at radius 3 is 2.50 bits per heavy atom. The summed E-state index contributed by atoms with van der Waals surface area (Å²) in [5.74, 6) is 0.525. The van der Waals surface area contributed by atoms with E-state index in [0.717, 1.165) is 38.7 Å². The summed E-state index contributed by atoms with van der Waals surface area (Å²) in [5.41, 5.74) is 0.223. The van der Waals surface area contributed by atoms with Crippen LogP contribution in [0.25, 0.3) is 0 Å². The molecule has 0 bridgehead atoms. The van der Waals surface area contributed by atoms with E-state index in [2.05, 4.69) is 10.6 Å². The molecule has 3 aliphatic carbocycles. The quantitative estimate of drug-likeness (QED) is 0.730. The highest BCUT2D eigenvalue weighted by atomic mass is 16.5. The first-order valence-corrected chi connectivity index (χ1v) is 9.06. The van der Waals surface area contributed by atoms with Gasteiger partial charge in [-0.25, -0.2) is 4.79 Å². The molecule has 2 amide bonds. The maximum atomic E-state index is 12.4. The normalized spacial score (nSPS) is 42.7. The maximum absolute atomic E-state index is 12.4. The van der Waals surface area contributed by atoms with Crippen molar-refractivity contribution in [2.24, 2.45) is 11.3 Å². The number of urea groups is 1. The van der Waals surface area contributed by atoms with E-state index < -0.39 is 0 Å². The van der Waals surface area contributed by atoms with E-state index in [-0.39, 0.29) is 23.6 Å². The van der Waals surface area contributed by atoms with Gasteiger partial charge in [-0.3, -0.25) is 0 Å². The topological polar surface area (TPSA) is 70.6 Å². The minimum Gasteiger partial charge on any atom is -0.393 e. The summed E-state index contributed by atoms with van der Waals surface area (Å²) >= 11 is 0. The van der Waals surface area contributed by atoms with Crippen LogP contribution in [0.1, 0.15) is 57.8 Å². The van der Waals surface area contributed by atoms with E-state index in [4.69, 9.17) is 4.74 Å². The van der Waals surface area contributed by atoms with Crippen molar-refractivity contribution in [1.29, 1.82) is 0 Å². The van der Waals surface area contributed by atoms with Gasteiger partial charge in [0.25, 0.3) is 0 Å². The Balaban J connectivity index is 1.35. The molecule has 1 aliphatic heterocycles. The second-order valence-electron chi connectivity index (χ2n) is 7.79. The van der Waals surface area contributed by atoms with Crippen LogP contribution >= 0.6 is 0 Å². The molecule has 4 fully saturated rings. The largest absolute Gasteiger partial charge is 0.393 e. The number of aliphatic hydroxyl groups is 1. The Hall–Kier alpha value is -0.810. The summed E-state index contributed by atoms with van der Waals surface area (Å²) in [6, 6.07) is 0.512. The number of carbonyl (C=O) groups excluding carboxylic acids is 1. The zero-order chi connectivity index (χ0) is 15.2. The van der Waals surface area contributed by atoms with Crippen LogP contribution < -0.4 is 10.6 Å². The number of amides is 2. The molecule has 3 N–H and O–H groups in total. The third kappa shape index (κ3) is 2.33. The fraction of sp³-hybridized carbons (Fsp3) is 0.941. The van der Waals surface area contributed by atoms with Gasteiger partial charge in [-0.15, -0.1) is 0 Å². The van der Waals surface area contributed by atoms with E-state index >= 15 is 0 Å². The number of aliphatic hydroxyl groups excluding tert-OH is 1. The molecule has 0 aromatic rings. The number of fused-ring (bicyclic) bond motifs is 2. The lowest BCUT2D eigenvalue weighted by Crippen LogP contribution is -2.69. The summed E-state index contributed by atoms with van der Waals surface area (Å²) in [7, 11) is 0. The van der Waals surface area contributed by atoms with Crippen LogP contribution in [-0.2, 0) is 4.74 Å². The lowest BCUT2D eigenvalue weighted by atomic mass is 9.54. The van der Waals surface area contributed by atoms with Gasteiger partial charge in [0.1, 0.15) is 0 Å². The lowest BCUT2D eigenvalue weighted by molar-refractivity contribution is -0.126. The van der Waals surface area contributed by atoms with Crippen LogP contribution in [0.4, 0.5) is 4.79 Å². The second-order valence-corrected chi connectivity index (χ2v) is 7.79. The van der Waals surface area contributed by atoms with Gasteiger partial charge >= 0.3 is 6.03 Å². The summed E-state index contributed by atoms with van der Waals surface area (Å²) in [4.78, 5) is 12.4. The number of rotatable bonds is 2. The summed E-state index contributed by atoms with van der Waals surface area (Å²) in [6.07, 6.45) is 9.64. The monoisotopic (exact) mass is 308 g/mol. The van der Waals surface area contributed by atoms with Crippen LogP contribution in [0.15, 0.2) is 0 Å². The van der Waals surface area contributed by atoms with E-state index in [1.54, 1.807) is 0 Å². The third-order valence-corrected chi connectivity index (χ3v) is 6.60. The Morgan fingerprint density at radius 2 is 1.77 bits per heavy atom. The number of carbonyl (C=O) groups is 1. The Labute approximate surface area is 132 Å². The van der Waals surface area contributed by atoms with Crippen molar-refractivity contribution in [2.45, 2.75) is 82.1 Å². The first-order chi connectivity index (χ1) is 10.7. The van der Waals surface area contributed by atoms with Crippen molar-refractivity contribution in [3.63, 3.8) is 0 Å². The van der Waals surface area contributed by atoms with Crippen molar-refractivity contribution >= 4 is 6.03 Å². The van der Waals surface area contributed by atoms with Gasteiger partial charge in [0.15, 0.2) is 0 Å². The fourth-order valence-corrected chi connectivity index (χ4v) is 5.49. The first-order valence-electron chi connectivity index (χ1n) is 9.06. The lowest BCUT2D eigenvalue weighted by Gasteiger charge is -2.56. The van der Waals surface area contributed by atoms with Crippen molar-refractivity contribution in [1.82, 2.24) is 10.6 Å². The minimum atomic E-state index is -0.175. The number of hydrogen-bond donors (Lipinski definition) is 3. The average molecular weight is 308 g/mol. The van der Waals surface area contributed by atoms with E-state index in [9.17, 15) is 9.90 Å². The van der Waals surface area contributed by atoms with Crippen LogP contribution in [0.2, 0.25) is 0 Å². The third-order valence-electron chi connectivity index (χ3n) is 6.60. The Kier molecular flexibility index (Phi) is 3.81. The van der Waals surface area contributed by atoms with Crippen molar-refractivity contribution in [3.05, 3.63) is 0 Å². The molecule has 124 valence electrons. The minimum absolute atomic E-state index is 0.0111. The SMILES string of the molecule is O=C(NC1CCC(O)CC1)NC1C2CCOC2C12CCCC2. The molecule has 22 heavy (non-hydrogen) atoms. The molecular weight excluding hydrogens is 280 g/mol. The van der Waals surface area contributed by atoms with Gasteiger partial charge in [0.05, 0.1) is 12.2 Å². The van der Waals surface area contributed by atoms with Crippen molar-refractivity contribution in [3.8, 4) is 0 Å². The fourth-order valence-electron chi connectivity index (χ4n) is 5.49. The second kappa shape index (κ2) is 5.68. The zero-order valence-corrected chi connectivity index (χ0v) is 13.2. The molecule has 3 atom stereocenters. The van der Waals surface area contributed by atoms with Gasteiger partial charge in [0.2, 0.25) is 0 Å². The maximum Gasteiger partial charge on any atom is 0.315 e. The van der Waals surface area contributed by atoms with Crippen LogP contribution in [0.5, 0.6) is 0 Å².